The van der Waals surface area contributed by atoms with Crippen LogP contribution in [0.1, 0.15) is 24.3 Å². The Balaban J connectivity index is 1.75. The van der Waals surface area contributed by atoms with E-state index in [4.69, 9.17) is 5.11 Å². The van der Waals surface area contributed by atoms with Gasteiger partial charge in [0.05, 0.1) is 0 Å². The second-order valence-corrected chi connectivity index (χ2v) is 6.48. The van der Waals surface area contributed by atoms with Gasteiger partial charge in [-0.1, -0.05) is 6.07 Å². The molecule has 2 fully saturated rings. The molecule has 0 aromatic heterocycles. The number of rotatable bonds is 3. The van der Waals surface area contributed by atoms with Crippen molar-refractivity contribution in [2.24, 2.45) is 11.3 Å². The molecule has 1 aromatic rings. The largest absolute Gasteiger partial charge is 0.481 e. The number of hydrogen-bond donors (Lipinski definition) is 1. The van der Waals surface area contributed by atoms with Gasteiger partial charge >= 0.3 is 12.1 Å². The molecule has 1 aromatic carbocycles. The number of amides is 1. The zero-order valence-electron chi connectivity index (χ0n) is 12.8. The molecule has 3 rings (SSSR count). The van der Waals surface area contributed by atoms with Gasteiger partial charge in [-0.3, -0.25) is 9.59 Å². The smallest absolute Gasteiger partial charge is 0.406 e. The average Bonchev–Trinajstić information content (AvgIpc) is 3.12. The minimum atomic E-state index is -4.99. The number of aliphatic carboxylic acids is 1. The number of carbonyl (C=O) groups is 2. The van der Waals surface area contributed by atoms with Gasteiger partial charge < -0.3 is 10.0 Å². The van der Waals surface area contributed by atoms with Crippen molar-refractivity contribution >= 4 is 11.9 Å². The molecule has 1 aliphatic carbocycles. The number of benzene rings is 1. The van der Waals surface area contributed by atoms with E-state index in [0.717, 1.165) is 17.0 Å². The summed E-state index contributed by atoms with van der Waals surface area (Å²) in [6.07, 6.45) is -5.60. The van der Waals surface area contributed by atoms with Crippen molar-refractivity contribution in [3.05, 3.63) is 35.4 Å². The van der Waals surface area contributed by atoms with Crippen molar-refractivity contribution < 1.29 is 36.6 Å². The minimum Gasteiger partial charge on any atom is -0.481 e. The molecular weight excluding hydrogens is 349 g/mol. The topological polar surface area (TPSA) is 57.6 Å². The Morgan fingerprint density at radius 1 is 1.20 bits per heavy atom. The van der Waals surface area contributed by atoms with E-state index in [9.17, 15) is 31.5 Å². The van der Waals surface area contributed by atoms with Crippen LogP contribution >= 0.6 is 0 Å². The lowest BCUT2D eigenvalue weighted by Crippen LogP contribution is -2.48. The van der Waals surface area contributed by atoms with Gasteiger partial charge in [-0.25, -0.2) is 8.78 Å². The summed E-state index contributed by atoms with van der Waals surface area (Å²) in [4.78, 5) is 24.4. The molecule has 1 heterocycles. The number of hydrogen-bond acceptors (Lipinski definition) is 2. The lowest BCUT2D eigenvalue weighted by Gasteiger charge is -2.27. The summed E-state index contributed by atoms with van der Waals surface area (Å²) in [5, 5.41) is 9.00. The average molecular weight is 363 g/mol. The highest BCUT2D eigenvalue weighted by Gasteiger charge is 2.65. The van der Waals surface area contributed by atoms with Crippen LogP contribution in [0.3, 0.4) is 0 Å². The summed E-state index contributed by atoms with van der Waals surface area (Å²) in [6.45, 7) is -1.33. The molecule has 4 nitrogen and oxygen atoms in total. The number of alkyl halides is 3. The van der Waals surface area contributed by atoms with Gasteiger partial charge in [0.25, 0.3) is 0 Å². The third-order valence-corrected chi connectivity index (χ3v) is 5.01. The Bertz CT molecular complexity index is 715. The Morgan fingerprint density at radius 3 is 2.28 bits per heavy atom. The first-order chi connectivity index (χ1) is 11.6. The minimum absolute atomic E-state index is 0.124. The fourth-order valence-electron chi connectivity index (χ4n) is 3.41. The van der Waals surface area contributed by atoms with Crippen LogP contribution in [-0.2, 0) is 9.59 Å². The lowest BCUT2D eigenvalue weighted by molar-refractivity contribution is -0.227. The quantitative estimate of drug-likeness (QED) is 0.841. The Labute approximate surface area is 139 Å². The zero-order chi connectivity index (χ0) is 18.6. The molecule has 9 heteroatoms. The van der Waals surface area contributed by atoms with Crippen LogP contribution in [-0.4, -0.2) is 41.1 Å². The van der Waals surface area contributed by atoms with Crippen molar-refractivity contribution in [2.75, 3.05) is 13.1 Å². The number of halogens is 5. The van der Waals surface area contributed by atoms with Crippen molar-refractivity contribution in [2.45, 2.75) is 24.9 Å². The predicted octanol–water partition coefficient (Wildman–Crippen LogP) is 2.93. The Kier molecular flexibility index (Phi) is 4.00. The predicted molar refractivity (Wildman–Crippen MR) is 74.5 cm³/mol. The molecule has 0 spiro atoms. The summed E-state index contributed by atoms with van der Waals surface area (Å²) >= 11 is 0. The zero-order valence-corrected chi connectivity index (χ0v) is 12.8. The third kappa shape index (κ3) is 2.75. The number of carboxylic acid groups (broad SMARTS) is 1. The highest BCUT2D eigenvalue weighted by Crippen LogP contribution is 2.52. The molecule has 1 saturated carbocycles. The molecule has 136 valence electrons. The van der Waals surface area contributed by atoms with Crippen LogP contribution in [0, 0.1) is 23.0 Å². The highest BCUT2D eigenvalue weighted by atomic mass is 19.4. The first-order valence-corrected chi connectivity index (χ1v) is 7.61. The van der Waals surface area contributed by atoms with Crippen LogP contribution in [0.2, 0.25) is 0 Å². The summed E-state index contributed by atoms with van der Waals surface area (Å²) in [5.41, 5.74) is -3.24. The van der Waals surface area contributed by atoms with Crippen molar-refractivity contribution in [3.8, 4) is 0 Å². The maximum atomic E-state index is 13.7. The van der Waals surface area contributed by atoms with Gasteiger partial charge in [0.15, 0.2) is 5.41 Å². The van der Waals surface area contributed by atoms with Crippen LogP contribution in [0.4, 0.5) is 22.0 Å². The lowest BCUT2D eigenvalue weighted by atomic mass is 9.86. The first kappa shape index (κ1) is 17.6. The van der Waals surface area contributed by atoms with Gasteiger partial charge in [-0.05, 0) is 25.0 Å². The SMILES string of the molecule is O=C(C1CC1c1c(F)cccc1F)N1CCC(C(=O)O)(C(F)(F)F)C1. The van der Waals surface area contributed by atoms with Crippen molar-refractivity contribution in [1.82, 2.24) is 4.90 Å². The molecule has 0 bridgehead atoms. The number of likely N-dealkylation sites (tertiary alicyclic amines) is 1. The van der Waals surface area contributed by atoms with Crippen molar-refractivity contribution in [3.63, 3.8) is 0 Å². The second kappa shape index (κ2) is 5.67. The molecule has 1 saturated heterocycles. The maximum absolute atomic E-state index is 13.7. The van der Waals surface area contributed by atoms with E-state index in [1.54, 1.807) is 0 Å². The summed E-state index contributed by atoms with van der Waals surface area (Å²) in [7, 11) is 0. The number of nitrogens with zero attached hydrogens (tertiary/aromatic N) is 1. The van der Waals surface area contributed by atoms with E-state index < -0.39 is 59.9 Å². The van der Waals surface area contributed by atoms with Crippen LogP contribution < -0.4 is 0 Å². The second-order valence-electron chi connectivity index (χ2n) is 6.48. The van der Waals surface area contributed by atoms with E-state index in [-0.39, 0.29) is 18.5 Å². The fraction of sp³-hybridized carbons (Fsp3) is 0.500. The molecular formula is C16H14F5NO3. The molecule has 3 unspecified atom stereocenters. The fourth-order valence-corrected chi connectivity index (χ4v) is 3.41. The van der Waals surface area contributed by atoms with E-state index >= 15 is 0 Å². The van der Waals surface area contributed by atoms with Crippen LogP contribution in [0.15, 0.2) is 18.2 Å². The van der Waals surface area contributed by atoms with E-state index in [1.807, 2.05) is 0 Å². The molecule has 1 N–H and O–H groups in total. The van der Waals surface area contributed by atoms with E-state index in [2.05, 4.69) is 0 Å². The molecule has 0 radical (unpaired) electrons. The number of carboxylic acids is 1. The standard InChI is InChI=1S/C16H14F5NO3/c17-10-2-1-3-11(18)12(10)8-6-9(8)13(23)22-5-4-15(7-22,14(24)25)16(19,20)21/h1-3,8-9H,4-7H2,(H,24,25). The number of carbonyl (C=O) groups excluding carboxylic acids is 1. The van der Waals surface area contributed by atoms with Gasteiger partial charge in [0, 0.05) is 30.5 Å². The highest BCUT2D eigenvalue weighted by molar-refractivity contribution is 5.85. The van der Waals surface area contributed by atoms with E-state index in [1.165, 1.54) is 6.07 Å². The van der Waals surface area contributed by atoms with Gasteiger partial charge in [-0.2, -0.15) is 13.2 Å². The molecule has 1 amide bonds. The Morgan fingerprint density at radius 2 is 1.80 bits per heavy atom. The normalized spacial score (nSPS) is 28.9. The van der Waals surface area contributed by atoms with Crippen LogP contribution in [0.5, 0.6) is 0 Å². The summed E-state index contributed by atoms with van der Waals surface area (Å²) in [5.74, 6) is -5.90. The van der Waals surface area contributed by atoms with Gasteiger partial charge in [0.1, 0.15) is 11.6 Å². The molecule has 25 heavy (non-hydrogen) atoms. The first-order valence-electron chi connectivity index (χ1n) is 7.61. The summed E-state index contributed by atoms with van der Waals surface area (Å²) in [6, 6.07) is 3.28. The van der Waals surface area contributed by atoms with Crippen molar-refractivity contribution in [1.29, 1.82) is 0 Å². The molecule has 1 aliphatic heterocycles. The van der Waals surface area contributed by atoms with Crippen LogP contribution in [0.25, 0.3) is 0 Å². The summed E-state index contributed by atoms with van der Waals surface area (Å²) < 4.78 is 66.9. The van der Waals surface area contributed by atoms with Gasteiger partial charge in [0.2, 0.25) is 5.91 Å². The van der Waals surface area contributed by atoms with E-state index in [0.29, 0.717) is 0 Å². The monoisotopic (exact) mass is 363 g/mol. The van der Waals surface area contributed by atoms with Gasteiger partial charge in [-0.15, -0.1) is 0 Å². The molecule has 2 aliphatic rings. The maximum Gasteiger partial charge on any atom is 0.406 e. The molecule has 3 atom stereocenters. The third-order valence-electron chi connectivity index (χ3n) is 5.01. The Hall–Kier alpha value is -2.19.